The molecule has 4 nitrogen and oxygen atoms in total. The highest BCUT2D eigenvalue weighted by atomic mass is 16.3. The van der Waals surface area contributed by atoms with Crippen molar-refractivity contribution in [2.24, 2.45) is 7.05 Å². The van der Waals surface area contributed by atoms with E-state index in [9.17, 15) is 9.90 Å². The summed E-state index contributed by atoms with van der Waals surface area (Å²) in [6.07, 6.45) is 2.00. The Balaban J connectivity index is 2.21. The molecule has 0 aliphatic heterocycles. The van der Waals surface area contributed by atoms with Crippen LogP contribution in [0.1, 0.15) is 19.4 Å². The highest BCUT2D eigenvalue weighted by molar-refractivity contribution is 5.86. The van der Waals surface area contributed by atoms with Gasteiger partial charge in [0.25, 0.3) is 5.91 Å². The Morgan fingerprint density at radius 2 is 2.06 bits per heavy atom. The molecular weight excluding hydrogens is 228 g/mol. The molecule has 18 heavy (non-hydrogen) atoms. The van der Waals surface area contributed by atoms with Gasteiger partial charge in [-0.3, -0.25) is 4.79 Å². The average molecular weight is 246 g/mol. The molecule has 0 aliphatic carbocycles. The number of hydrogen-bond donors (Lipinski definition) is 2. The molecule has 0 fully saturated rings. The lowest BCUT2D eigenvalue weighted by atomic mass is 10.1. The summed E-state index contributed by atoms with van der Waals surface area (Å²) in [5.41, 5.74) is 0.834. The molecule has 0 saturated carbocycles. The van der Waals surface area contributed by atoms with Gasteiger partial charge in [-0.25, -0.2) is 0 Å². The summed E-state index contributed by atoms with van der Waals surface area (Å²) < 4.78 is 2.03. The number of aliphatic hydroxyl groups is 1. The standard InChI is InChI=1S/C14H18N2O2/c1-14(2,18)13(17)15-8-10-9-16(3)12-7-5-4-6-11(10)12/h4-7,9,18H,8H2,1-3H3,(H,15,17). The zero-order valence-electron chi connectivity index (χ0n) is 10.9. The fourth-order valence-electron chi connectivity index (χ4n) is 1.96. The van der Waals surface area contributed by atoms with Gasteiger partial charge in [0.05, 0.1) is 0 Å². The van der Waals surface area contributed by atoms with Crippen molar-refractivity contribution >= 4 is 16.8 Å². The maximum Gasteiger partial charge on any atom is 0.251 e. The van der Waals surface area contributed by atoms with Gasteiger partial charge in [-0.05, 0) is 25.5 Å². The summed E-state index contributed by atoms with van der Waals surface area (Å²) in [6, 6.07) is 8.03. The maximum atomic E-state index is 11.6. The van der Waals surface area contributed by atoms with Crippen LogP contribution in [0.2, 0.25) is 0 Å². The summed E-state index contributed by atoms with van der Waals surface area (Å²) >= 11 is 0. The van der Waals surface area contributed by atoms with Gasteiger partial charge >= 0.3 is 0 Å². The number of aryl methyl sites for hydroxylation is 1. The van der Waals surface area contributed by atoms with Gasteiger partial charge in [-0.1, -0.05) is 18.2 Å². The van der Waals surface area contributed by atoms with E-state index in [4.69, 9.17) is 0 Å². The van der Waals surface area contributed by atoms with Crippen molar-refractivity contribution in [2.75, 3.05) is 0 Å². The molecule has 4 heteroatoms. The number of aromatic nitrogens is 1. The number of rotatable bonds is 3. The topological polar surface area (TPSA) is 54.3 Å². The molecular formula is C14H18N2O2. The zero-order valence-corrected chi connectivity index (χ0v) is 10.9. The van der Waals surface area contributed by atoms with Crippen molar-refractivity contribution in [1.82, 2.24) is 9.88 Å². The van der Waals surface area contributed by atoms with Crippen molar-refractivity contribution < 1.29 is 9.90 Å². The van der Waals surface area contributed by atoms with Crippen LogP contribution in [-0.2, 0) is 18.4 Å². The predicted molar refractivity (Wildman–Crippen MR) is 71.1 cm³/mol. The fraction of sp³-hybridized carbons (Fsp3) is 0.357. The third-order valence-corrected chi connectivity index (χ3v) is 2.97. The molecule has 0 bridgehead atoms. The number of nitrogens with zero attached hydrogens (tertiary/aromatic N) is 1. The van der Waals surface area contributed by atoms with E-state index in [0.29, 0.717) is 6.54 Å². The predicted octanol–water partition coefficient (Wildman–Crippen LogP) is 1.57. The molecule has 2 N–H and O–H groups in total. The van der Waals surface area contributed by atoms with Crippen molar-refractivity contribution in [3.05, 3.63) is 36.0 Å². The third-order valence-electron chi connectivity index (χ3n) is 2.97. The molecule has 0 aliphatic rings. The first-order valence-corrected chi connectivity index (χ1v) is 5.93. The van der Waals surface area contributed by atoms with Crippen LogP contribution >= 0.6 is 0 Å². The number of fused-ring (bicyclic) bond motifs is 1. The number of hydrogen-bond acceptors (Lipinski definition) is 2. The van der Waals surface area contributed by atoms with Gasteiger partial charge in [0, 0.05) is 30.7 Å². The van der Waals surface area contributed by atoms with Crippen LogP contribution in [-0.4, -0.2) is 21.2 Å². The van der Waals surface area contributed by atoms with Crippen LogP contribution < -0.4 is 5.32 Å². The first-order valence-electron chi connectivity index (χ1n) is 5.93. The Labute approximate surface area is 106 Å². The van der Waals surface area contributed by atoms with Crippen LogP contribution in [0.5, 0.6) is 0 Å². The van der Waals surface area contributed by atoms with Crippen LogP contribution in [0, 0.1) is 0 Å². The summed E-state index contributed by atoms with van der Waals surface area (Å²) in [5.74, 6) is -0.365. The fourth-order valence-corrected chi connectivity index (χ4v) is 1.96. The largest absolute Gasteiger partial charge is 0.381 e. The van der Waals surface area contributed by atoms with Gasteiger partial charge in [0.15, 0.2) is 0 Å². The second-order valence-electron chi connectivity index (χ2n) is 5.02. The first-order chi connectivity index (χ1) is 8.39. The smallest absolute Gasteiger partial charge is 0.251 e. The van der Waals surface area contributed by atoms with Crippen LogP contribution in [0.25, 0.3) is 10.9 Å². The van der Waals surface area contributed by atoms with E-state index in [2.05, 4.69) is 5.32 Å². The summed E-state index contributed by atoms with van der Waals surface area (Å²) in [5, 5.41) is 13.4. The van der Waals surface area contributed by atoms with Gasteiger partial charge in [0.2, 0.25) is 0 Å². The molecule has 1 aromatic heterocycles. The van der Waals surface area contributed by atoms with Crippen molar-refractivity contribution in [3.63, 3.8) is 0 Å². The second kappa shape index (κ2) is 4.46. The van der Waals surface area contributed by atoms with E-state index in [1.165, 1.54) is 13.8 Å². The number of amides is 1. The molecule has 1 amide bonds. The molecule has 1 heterocycles. The lowest BCUT2D eigenvalue weighted by molar-refractivity contribution is -0.136. The quantitative estimate of drug-likeness (QED) is 0.863. The summed E-state index contributed by atoms with van der Waals surface area (Å²) in [6.45, 7) is 3.38. The molecule has 0 saturated heterocycles. The van der Waals surface area contributed by atoms with E-state index >= 15 is 0 Å². The molecule has 0 spiro atoms. The van der Waals surface area contributed by atoms with E-state index in [-0.39, 0.29) is 5.91 Å². The third kappa shape index (κ3) is 2.38. The zero-order chi connectivity index (χ0) is 13.3. The van der Waals surface area contributed by atoms with Crippen molar-refractivity contribution in [3.8, 4) is 0 Å². The summed E-state index contributed by atoms with van der Waals surface area (Å²) in [4.78, 5) is 11.6. The minimum atomic E-state index is -1.34. The minimum Gasteiger partial charge on any atom is -0.381 e. The highest BCUT2D eigenvalue weighted by Crippen LogP contribution is 2.20. The van der Waals surface area contributed by atoms with Gasteiger partial charge in [-0.15, -0.1) is 0 Å². The molecule has 0 unspecified atom stereocenters. The van der Waals surface area contributed by atoms with E-state index in [0.717, 1.165) is 16.5 Å². The van der Waals surface area contributed by atoms with Gasteiger partial charge in [-0.2, -0.15) is 0 Å². The number of nitrogens with one attached hydrogen (secondary N) is 1. The van der Waals surface area contributed by atoms with E-state index in [1.54, 1.807) is 0 Å². The van der Waals surface area contributed by atoms with Crippen molar-refractivity contribution in [2.45, 2.75) is 26.0 Å². The Morgan fingerprint density at radius 1 is 1.39 bits per heavy atom. The Morgan fingerprint density at radius 3 is 2.72 bits per heavy atom. The number of benzene rings is 1. The highest BCUT2D eigenvalue weighted by Gasteiger charge is 2.23. The minimum absolute atomic E-state index is 0.365. The number of para-hydroxylation sites is 1. The van der Waals surface area contributed by atoms with Gasteiger partial charge in [0.1, 0.15) is 5.60 Å². The van der Waals surface area contributed by atoms with E-state index < -0.39 is 5.60 Å². The van der Waals surface area contributed by atoms with Crippen LogP contribution in [0.4, 0.5) is 0 Å². The lowest BCUT2D eigenvalue weighted by Crippen LogP contribution is -2.41. The molecule has 2 rings (SSSR count). The normalized spacial score (nSPS) is 11.8. The monoisotopic (exact) mass is 246 g/mol. The Bertz CT molecular complexity index is 579. The average Bonchev–Trinajstić information content (AvgIpc) is 2.63. The Kier molecular flexibility index (Phi) is 3.13. The summed E-state index contributed by atoms with van der Waals surface area (Å²) in [7, 11) is 1.98. The first kappa shape index (κ1) is 12.6. The van der Waals surface area contributed by atoms with Crippen LogP contribution in [0.15, 0.2) is 30.5 Å². The number of carbonyl (C=O) groups is 1. The van der Waals surface area contributed by atoms with Crippen molar-refractivity contribution in [1.29, 1.82) is 0 Å². The molecule has 0 atom stereocenters. The second-order valence-corrected chi connectivity index (χ2v) is 5.02. The van der Waals surface area contributed by atoms with Gasteiger partial charge < -0.3 is 15.0 Å². The molecule has 96 valence electrons. The molecule has 1 aromatic carbocycles. The molecule has 0 radical (unpaired) electrons. The maximum absolute atomic E-state index is 11.6. The Hall–Kier alpha value is -1.81. The lowest BCUT2D eigenvalue weighted by Gasteiger charge is -2.16. The molecule has 2 aromatic rings. The number of carbonyl (C=O) groups excluding carboxylic acids is 1. The SMILES string of the molecule is Cn1cc(CNC(=O)C(C)(C)O)c2ccccc21. The van der Waals surface area contributed by atoms with E-state index in [1.807, 2.05) is 42.1 Å². The van der Waals surface area contributed by atoms with Crippen LogP contribution in [0.3, 0.4) is 0 Å².